The molecule has 1 aromatic rings. The summed E-state index contributed by atoms with van der Waals surface area (Å²) < 4.78 is 1.99. The van der Waals surface area contributed by atoms with Crippen LogP contribution < -0.4 is 0 Å². The highest BCUT2D eigenvalue weighted by molar-refractivity contribution is 6.31. The zero-order valence-corrected chi connectivity index (χ0v) is 10.5. The van der Waals surface area contributed by atoms with E-state index in [0.717, 1.165) is 22.8 Å². The molecule has 2 nitrogen and oxygen atoms in total. The molecule has 0 bridgehead atoms. The molecule has 1 heterocycles. The molecule has 0 aromatic carbocycles. The topological polar surface area (TPSA) is 17.8 Å². The van der Waals surface area contributed by atoms with Crippen molar-refractivity contribution in [1.82, 2.24) is 9.78 Å². The molecular weight excluding hydrogens is 231 g/mol. The van der Waals surface area contributed by atoms with Crippen LogP contribution in [0.3, 0.4) is 0 Å². The first-order chi connectivity index (χ1) is 7.27. The second-order valence-corrected chi connectivity index (χ2v) is 4.71. The molecular formula is C11H16Cl2N2. The Morgan fingerprint density at radius 3 is 2.53 bits per heavy atom. The molecule has 1 aliphatic carbocycles. The maximum Gasteiger partial charge on any atom is 0.132 e. The Kier molecular flexibility index (Phi) is 3.57. The first-order valence-corrected chi connectivity index (χ1v) is 6.50. The maximum atomic E-state index is 6.30. The summed E-state index contributed by atoms with van der Waals surface area (Å²) in [7, 11) is 0. The van der Waals surface area contributed by atoms with E-state index < -0.39 is 0 Å². The van der Waals surface area contributed by atoms with Crippen LogP contribution in [-0.4, -0.2) is 9.78 Å². The molecule has 0 spiro atoms. The summed E-state index contributed by atoms with van der Waals surface area (Å²) in [6.45, 7) is 2.09. The van der Waals surface area contributed by atoms with Crippen LogP contribution in [0.25, 0.3) is 0 Å². The average molecular weight is 247 g/mol. The summed E-state index contributed by atoms with van der Waals surface area (Å²) in [4.78, 5) is 0. The third-order valence-electron chi connectivity index (χ3n) is 3.17. The summed E-state index contributed by atoms with van der Waals surface area (Å²) >= 11 is 12.2. The Bertz CT molecular complexity index is 341. The van der Waals surface area contributed by atoms with Gasteiger partial charge in [0.1, 0.15) is 5.15 Å². The van der Waals surface area contributed by atoms with Gasteiger partial charge in [-0.05, 0) is 19.3 Å². The minimum absolute atomic E-state index is 0.467. The highest BCUT2D eigenvalue weighted by Gasteiger charge is 2.23. The van der Waals surface area contributed by atoms with Crippen molar-refractivity contribution in [2.24, 2.45) is 0 Å². The summed E-state index contributed by atoms with van der Waals surface area (Å²) in [5, 5.41) is 5.34. The lowest BCUT2D eigenvalue weighted by Gasteiger charge is -2.10. The summed E-state index contributed by atoms with van der Waals surface area (Å²) in [5.41, 5.74) is 2.08. The monoisotopic (exact) mass is 246 g/mol. The molecule has 0 saturated heterocycles. The van der Waals surface area contributed by atoms with Gasteiger partial charge in [0.05, 0.1) is 17.6 Å². The van der Waals surface area contributed by atoms with Gasteiger partial charge in [-0.1, -0.05) is 31.4 Å². The van der Waals surface area contributed by atoms with E-state index in [0.29, 0.717) is 11.9 Å². The van der Waals surface area contributed by atoms with Gasteiger partial charge < -0.3 is 0 Å². The largest absolute Gasteiger partial charge is 0.250 e. The van der Waals surface area contributed by atoms with Gasteiger partial charge >= 0.3 is 0 Å². The number of aryl methyl sites for hydroxylation is 1. The van der Waals surface area contributed by atoms with Crippen LogP contribution in [0.5, 0.6) is 0 Å². The molecule has 4 heteroatoms. The SMILES string of the molecule is CCc1nn(C2CCCC2)c(Cl)c1CCl. The lowest BCUT2D eigenvalue weighted by Crippen LogP contribution is -2.06. The highest BCUT2D eigenvalue weighted by Crippen LogP contribution is 2.34. The molecule has 0 N–H and O–H groups in total. The lowest BCUT2D eigenvalue weighted by molar-refractivity contribution is 0.464. The molecule has 15 heavy (non-hydrogen) atoms. The van der Waals surface area contributed by atoms with E-state index in [1.54, 1.807) is 0 Å². The van der Waals surface area contributed by atoms with Crippen LogP contribution in [0.2, 0.25) is 5.15 Å². The van der Waals surface area contributed by atoms with Crippen LogP contribution in [0.15, 0.2) is 0 Å². The van der Waals surface area contributed by atoms with Crippen molar-refractivity contribution in [3.8, 4) is 0 Å². The van der Waals surface area contributed by atoms with Gasteiger partial charge in [-0.15, -0.1) is 11.6 Å². The number of hydrogen-bond donors (Lipinski definition) is 0. The van der Waals surface area contributed by atoms with Gasteiger partial charge in [0.15, 0.2) is 0 Å². The van der Waals surface area contributed by atoms with E-state index in [2.05, 4.69) is 12.0 Å². The van der Waals surface area contributed by atoms with Crippen molar-refractivity contribution in [1.29, 1.82) is 0 Å². The minimum Gasteiger partial charge on any atom is -0.250 e. The number of alkyl halides is 1. The molecule has 84 valence electrons. The lowest BCUT2D eigenvalue weighted by atomic mass is 10.2. The zero-order chi connectivity index (χ0) is 10.8. The van der Waals surface area contributed by atoms with E-state index >= 15 is 0 Å². The maximum absolute atomic E-state index is 6.30. The molecule has 0 aliphatic heterocycles. The van der Waals surface area contributed by atoms with E-state index in [9.17, 15) is 0 Å². The van der Waals surface area contributed by atoms with E-state index in [4.69, 9.17) is 23.2 Å². The van der Waals surface area contributed by atoms with Gasteiger partial charge in [0.25, 0.3) is 0 Å². The minimum atomic E-state index is 0.467. The molecule has 0 atom stereocenters. The van der Waals surface area contributed by atoms with Crippen LogP contribution in [0, 0.1) is 0 Å². The van der Waals surface area contributed by atoms with Gasteiger partial charge in [0, 0.05) is 5.56 Å². The second-order valence-electron chi connectivity index (χ2n) is 4.09. The van der Waals surface area contributed by atoms with E-state index in [1.807, 2.05) is 4.68 Å². The fourth-order valence-electron chi connectivity index (χ4n) is 2.30. The van der Waals surface area contributed by atoms with Gasteiger partial charge in [-0.3, -0.25) is 4.68 Å². The Morgan fingerprint density at radius 1 is 1.40 bits per heavy atom. The van der Waals surface area contributed by atoms with Crippen molar-refractivity contribution < 1.29 is 0 Å². The Labute approximate surface area is 101 Å². The number of nitrogens with zero attached hydrogens (tertiary/aromatic N) is 2. The first-order valence-electron chi connectivity index (χ1n) is 5.59. The molecule has 1 saturated carbocycles. The highest BCUT2D eigenvalue weighted by atomic mass is 35.5. The summed E-state index contributed by atoms with van der Waals surface area (Å²) in [5.74, 6) is 0.467. The first kappa shape index (κ1) is 11.3. The van der Waals surface area contributed by atoms with Gasteiger partial charge in [-0.2, -0.15) is 5.10 Å². The average Bonchev–Trinajstić information content (AvgIpc) is 2.84. The molecule has 0 unspecified atom stereocenters. The summed E-state index contributed by atoms with van der Waals surface area (Å²) in [6, 6.07) is 0.500. The zero-order valence-electron chi connectivity index (χ0n) is 8.97. The molecule has 2 rings (SSSR count). The fourth-order valence-corrected chi connectivity index (χ4v) is 3.00. The number of rotatable bonds is 3. The van der Waals surface area contributed by atoms with Crippen LogP contribution in [0.4, 0.5) is 0 Å². The standard InChI is InChI=1S/C11H16Cl2N2/c1-2-10-9(7-12)11(13)15(14-10)8-5-3-4-6-8/h8H,2-7H2,1H3. The van der Waals surface area contributed by atoms with Gasteiger partial charge in [-0.25, -0.2) is 0 Å². The van der Waals surface area contributed by atoms with E-state index in [1.165, 1.54) is 25.7 Å². The van der Waals surface area contributed by atoms with Crippen molar-refractivity contribution >= 4 is 23.2 Å². The van der Waals surface area contributed by atoms with Crippen LogP contribution in [-0.2, 0) is 12.3 Å². The Balaban J connectivity index is 2.34. The predicted molar refractivity (Wildman–Crippen MR) is 63.7 cm³/mol. The third kappa shape index (κ3) is 2.02. The number of hydrogen-bond acceptors (Lipinski definition) is 1. The molecule has 0 amide bonds. The normalized spacial score (nSPS) is 17.5. The van der Waals surface area contributed by atoms with Crippen molar-refractivity contribution in [3.63, 3.8) is 0 Å². The predicted octanol–water partition coefficient (Wildman–Crippen LogP) is 3.95. The van der Waals surface area contributed by atoms with Crippen molar-refractivity contribution in [2.45, 2.75) is 50.9 Å². The summed E-state index contributed by atoms with van der Waals surface area (Å²) in [6.07, 6.45) is 5.89. The van der Waals surface area contributed by atoms with Crippen LogP contribution in [0.1, 0.15) is 49.9 Å². The van der Waals surface area contributed by atoms with Gasteiger partial charge in [0.2, 0.25) is 0 Å². The fraction of sp³-hybridized carbons (Fsp3) is 0.727. The van der Waals surface area contributed by atoms with E-state index in [-0.39, 0.29) is 0 Å². The molecule has 1 fully saturated rings. The van der Waals surface area contributed by atoms with Crippen molar-refractivity contribution in [3.05, 3.63) is 16.4 Å². The van der Waals surface area contributed by atoms with Crippen LogP contribution >= 0.6 is 23.2 Å². The molecule has 1 aliphatic rings. The second kappa shape index (κ2) is 4.75. The van der Waals surface area contributed by atoms with Crippen molar-refractivity contribution in [2.75, 3.05) is 0 Å². The number of halogens is 2. The Hall–Kier alpha value is -0.210. The third-order valence-corrected chi connectivity index (χ3v) is 3.83. The molecule has 1 aromatic heterocycles. The quantitative estimate of drug-likeness (QED) is 0.739. The molecule has 0 radical (unpaired) electrons. The Morgan fingerprint density at radius 2 is 2.07 bits per heavy atom. The number of aromatic nitrogens is 2. The smallest absolute Gasteiger partial charge is 0.132 e.